The van der Waals surface area contributed by atoms with Gasteiger partial charge in [0.1, 0.15) is 5.78 Å². The molecule has 0 aromatic rings. The van der Waals surface area contributed by atoms with Crippen LogP contribution in [0.3, 0.4) is 0 Å². The molecular formula is C15H22O2. The van der Waals surface area contributed by atoms with Crippen molar-refractivity contribution in [1.82, 2.24) is 0 Å². The van der Waals surface area contributed by atoms with Gasteiger partial charge in [-0.05, 0) is 51.5 Å². The molecule has 0 aliphatic heterocycles. The summed E-state index contributed by atoms with van der Waals surface area (Å²) in [7, 11) is 0. The van der Waals surface area contributed by atoms with Crippen molar-refractivity contribution >= 4 is 11.6 Å². The van der Waals surface area contributed by atoms with Crippen LogP contribution in [-0.2, 0) is 9.59 Å². The molecule has 1 aliphatic carbocycles. The van der Waals surface area contributed by atoms with E-state index in [-0.39, 0.29) is 17.5 Å². The number of ketones is 2. The highest BCUT2D eigenvalue weighted by atomic mass is 16.1. The molecule has 1 rings (SSSR count). The molecule has 94 valence electrons. The minimum absolute atomic E-state index is 0.208. The second kappa shape index (κ2) is 5.95. The van der Waals surface area contributed by atoms with E-state index in [1.807, 2.05) is 13.8 Å². The van der Waals surface area contributed by atoms with E-state index >= 15 is 0 Å². The van der Waals surface area contributed by atoms with E-state index < -0.39 is 0 Å². The Morgan fingerprint density at radius 2 is 2.00 bits per heavy atom. The first-order valence-electron chi connectivity index (χ1n) is 6.28. The summed E-state index contributed by atoms with van der Waals surface area (Å²) in [6.45, 7) is 9.62. The van der Waals surface area contributed by atoms with Gasteiger partial charge < -0.3 is 4.79 Å². The Morgan fingerprint density at radius 3 is 2.41 bits per heavy atom. The van der Waals surface area contributed by atoms with Gasteiger partial charge in [0.25, 0.3) is 0 Å². The highest BCUT2D eigenvalue weighted by molar-refractivity contribution is 5.98. The van der Waals surface area contributed by atoms with Crippen molar-refractivity contribution in [1.29, 1.82) is 0 Å². The molecule has 0 radical (unpaired) electrons. The van der Waals surface area contributed by atoms with Crippen molar-refractivity contribution < 1.29 is 9.59 Å². The average molecular weight is 234 g/mol. The molecule has 2 heteroatoms. The molecule has 17 heavy (non-hydrogen) atoms. The summed E-state index contributed by atoms with van der Waals surface area (Å²) in [5.74, 6) is 0.766. The summed E-state index contributed by atoms with van der Waals surface area (Å²) in [6, 6.07) is 0. The van der Waals surface area contributed by atoms with Crippen molar-refractivity contribution in [3.8, 4) is 0 Å². The first-order chi connectivity index (χ1) is 7.91. The molecule has 0 spiro atoms. The fourth-order valence-corrected chi connectivity index (χ4v) is 2.28. The molecule has 0 saturated carbocycles. The third-order valence-corrected chi connectivity index (χ3v) is 3.57. The van der Waals surface area contributed by atoms with Crippen LogP contribution in [0.15, 0.2) is 23.3 Å². The van der Waals surface area contributed by atoms with E-state index in [0.717, 1.165) is 30.4 Å². The van der Waals surface area contributed by atoms with Crippen LogP contribution in [0.25, 0.3) is 0 Å². The molecule has 0 bridgehead atoms. The summed E-state index contributed by atoms with van der Waals surface area (Å²) in [5, 5.41) is 0. The largest absolute Gasteiger partial charge is 0.300 e. The lowest BCUT2D eigenvalue weighted by Gasteiger charge is -2.17. The monoisotopic (exact) mass is 234 g/mol. The van der Waals surface area contributed by atoms with Gasteiger partial charge in [0.05, 0.1) is 0 Å². The Kier molecular flexibility index (Phi) is 4.86. The predicted octanol–water partition coefficient (Wildman–Crippen LogP) is 3.62. The van der Waals surface area contributed by atoms with Crippen molar-refractivity contribution in [2.45, 2.75) is 52.9 Å². The number of allylic oxidation sites excluding steroid dienone is 3. The molecule has 0 heterocycles. The summed E-state index contributed by atoms with van der Waals surface area (Å²) >= 11 is 0. The first kappa shape index (κ1) is 13.9. The lowest BCUT2D eigenvalue weighted by molar-refractivity contribution is -0.117. The standard InChI is InChI=1S/C15H22O2/c1-10(2)13(7-6-12(4)16)9-14-11(3)5-8-15(14)17/h13H,1,5-9H2,2-4H3. The highest BCUT2D eigenvalue weighted by Gasteiger charge is 2.23. The van der Waals surface area contributed by atoms with Crippen LogP contribution in [0.4, 0.5) is 0 Å². The minimum Gasteiger partial charge on any atom is -0.300 e. The van der Waals surface area contributed by atoms with E-state index in [9.17, 15) is 9.59 Å². The first-order valence-corrected chi connectivity index (χ1v) is 6.28. The number of hydrogen-bond acceptors (Lipinski definition) is 2. The zero-order valence-electron chi connectivity index (χ0n) is 11.1. The smallest absolute Gasteiger partial charge is 0.159 e. The molecule has 0 saturated heterocycles. The topological polar surface area (TPSA) is 34.1 Å². The third-order valence-electron chi connectivity index (χ3n) is 3.57. The second-order valence-electron chi connectivity index (χ2n) is 5.17. The van der Waals surface area contributed by atoms with Gasteiger partial charge in [-0.3, -0.25) is 4.79 Å². The number of carbonyl (C=O) groups excluding carboxylic acids is 2. The van der Waals surface area contributed by atoms with Crippen LogP contribution >= 0.6 is 0 Å². The Labute approximate surface area is 104 Å². The van der Waals surface area contributed by atoms with Crippen LogP contribution < -0.4 is 0 Å². The molecule has 0 aromatic heterocycles. The lowest BCUT2D eigenvalue weighted by atomic mass is 9.87. The van der Waals surface area contributed by atoms with Gasteiger partial charge in [0, 0.05) is 12.8 Å². The van der Waals surface area contributed by atoms with E-state index in [1.165, 1.54) is 5.57 Å². The van der Waals surface area contributed by atoms with Gasteiger partial charge in [-0.25, -0.2) is 0 Å². The number of hydrogen-bond donors (Lipinski definition) is 0. The van der Waals surface area contributed by atoms with Gasteiger partial charge in [0.15, 0.2) is 5.78 Å². The quantitative estimate of drug-likeness (QED) is 0.658. The van der Waals surface area contributed by atoms with Crippen LogP contribution in [0.2, 0.25) is 0 Å². The fourth-order valence-electron chi connectivity index (χ4n) is 2.28. The maximum Gasteiger partial charge on any atom is 0.159 e. The highest BCUT2D eigenvalue weighted by Crippen LogP contribution is 2.31. The Balaban J connectivity index is 2.67. The van der Waals surface area contributed by atoms with E-state index in [4.69, 9.17) is 0 Å². The predicted molar refractivity (Wildman–Crippen MR) is 69.8 cm³/mol. The molecule has 1 atom stereocenters. The fraction of sp³-hybridized carbons (Fsp3) is 0.600. The normalized spacial score (nSPS) is 17.5. The molecule has 0 aromatic carbocycles. The van der Waals surface area contributed by atoms with Gasteiger partial charge in [-0.2, -0.15) is 0 Å². The molecular weight excluding hydrogens is 212 g/mol. The number of carbonyl (C=O) groups is 2. The lowest BCUT2D eigenvalue weighted by Crippen LogP contribution is -2.09. The summed E-state index contributed by atoms with van der Waals surface area (Å²) in [6.07, 6.45) is 3.74. The third kappa shape index (κ3) is 3.95. The van der Waals surface area contributed by atoms with Crippen LogP contribution in [0.1, 0.15) is 52.9 Å². The van der Waals surface area contributed by atoms with Crippen LogP contribution in [-0.4, -0.2) is 11.6 Å². The SMILES string of the molecule is C=C(C)C(CCC(C)=O)CC1=C(C)CCC1=O. The summed E-state index contributed by atoms with van der Waals surface area (Å²) in [4.78, 5) is 22.8. The Morgan fingerprint density at radius 1 is 1.35 bits per heavy atom. The second-order valence-corrected chi connectivity index (χ2v) is 5.17. The van der Waals surface area contributed by atoms with Crippen molar-refractivity contribution in [3.05, 3.63) is 23.3 Å². The van der Waals surface area contributed by atoms with E-state index in [2.05, 4.69) is 6.58 Å². The maximum atomic E-state index is 11.7. The van der Waals surface area contributed by atoms with E-state index in [1.54, 1.807) is 6.92 Å². The molecule has 1 unspecified atom stereocenters. The average Bonchev–Trinajstić information content (AvgIpc) is 2.53. The van der Waals surface area contributed by atoms with E-state index in [0.29, 0.717) is 12.8 Å². The molecule has 0 N–H and O–H groups in total. The zero-order chi connectivity index (χ0) is 13.0. The van der Waals surface area contributed by atoms with Crippen LogP contribution in [0, 0.1) is 5.92 Å². The Hall–Kier alpha value is -1.18. The minimum atomic E-state index is 0.208. The molecule has 0 amide bonds. The molecule has 1 aliphatic rings. The maximum absolute atomic E-state index is 11.7. The Bertz CT molecular complexity index is 374. The summed E-state index contributed by atoms with van der Waals surface area (Å²) in [5.41, 5.74) is 3.29. The molecule has 0 fully saturated rings. The summed E-state index contributed by atoms with van der Waals surface area (Å²) < 4.78 is 0. The zero-order valence-corrected chi connectivity index (χ0v) is 11.1. The van der Waals surface area contributed by atoms with Gasteiger partial charge in [-0.1, -0.05) is 17.7 Å². The van der Waals surface area contributed by atoms with Crippen molar-refractivity contribution in [2.75, 3.05) is 0 Å². The van der Waals surface area contributed by atoms with Crippen LogP contribution in [0.5, 0.6) is 0 Å². The van der Waals surface area contributed by atoms with Crippen molar-refractivity contribution in [3.63, 3.8) is 0 Å². The van der Waals surface area contributed by atoms with Crippen molar-refractivity contribution in [2.24, 2.45) is 5.92 Å². The number of rotatable bonds is 6. The molecule has 2 nitrogen and oxygen atoms in total. The van der Waals surface area contributed by atoms with Gasteiger partial charge >= 0.3 is 0 Å². The van der Waals surface area contributed by atoms with Gasteiger partial charge in [-0.15, -0.1) is 0 Å². The number of Topliss-reactive ketones (excluding diaryl/α,β-unsaturated/α-hetero) is 2. The van der Waals surface area contributed by atoms with Gasteiger partial charge in [0.2, 0.25) is 0 Å².